The second-order valence-electron chi connectivity index (χ2n) is 6.25. The van der Waals surface area contributed by atoms with E-state index < -0.39 is 35.9 Å². The highest BCUT2D eigenvalue weighted by Gasteiger charge is 2.50. The summed E-state index contributed by atoms with van der Waals surface area (Å²) in [5, 5.41) is 14.1. The van der Waals surface area contributed by atoms with Crippen molar-refractivity contribution in [3.05, 3.63) is 66.7 Å². The Kier molecular flexibility index (Phi) is 4.18. The molecule has 6 heteroatoms. The molecule has 2 heterocycles. The Hall–Kier alpha value is -3.12. The molecule has 2 aromatic carbocycles. The minimum Gasteiger partial charge on any atom is -0.550 e. The molecule has 0 spiro atoms. The quantitative estimate of drug-likeness (QED) is 0.830. The Morgan fingerprint density at radius 3 is 2.15 bits per heavy atom. The van der Waals surface area contributed by atoms with Crippen molar-refractivity contribution < 1.29 is 24.2 Å². The summed E-state index contributed by atoms with van der Waals surface area (Å²) in [4.78, 5) is 23.9. The van der Waals surface area contributed by atoms with Gasteiger partial charge in [0.1, 0.15) is 11.5 Å². The van der Waals surface area contributed by atoms with Crippen LogP contribution in [0.3, 0.4) is 0 Å². The zero-order valence-electron chi connectivity index (χ0n) is 13.7. The van der Waals surface area contributed by atoms with Crippen molar-refractivity contribution in [1.82, 2.24) is 0 Å². The number of carbonyl (C=O) groups is 2. The van der Waals surface area contributed by atoms with E-state index in [-0.39, 0.29) is 0 Å². The van der Waals surface area contributed by atoms with E-state index in [4.69, 9.17) is 9.47 Å². The van der Waals surface area contributed by atoms with Gasteiger partial charge in [0.05, 0.1) is 18.1 Å². The van der Waals surface area contributed by atoms with Gasteiger partial charge in [-0.25, -0.2) is 0 Å². The molecule has 1 N–H and O–H groups in total. The van der Waals surface area contributed by atoms with Gasteiger partial charge < -0.3 is 24.7 Å². The summed E-state index contributed by atoms with van der Waals surface area (Å²) in [7, 11) is 0. The summed E-state index contributed by atoms with van der Waals surface area (Å²) in [5.41, 5.74) is 0.555. The first kappa shape index (κ1) is 16.4. The van der Waals surface area contributed by atoms with Gasteiger partial charge in [-0.05, 0) is 36.4 Å². The third-order valence-corrected chi connectivity index (χ3v) is 4.58. The fourth-order valence-electron chi connectivity index (χ4n) is 3.36. The van der Waals surface area contributed by atoms with Crippen LogP contribution in [0.1, 0.15) is 0 Å². The number of fused-ring (bicyclic) bond motifs is 2. The van der Waals surface area contributed by atoms with Crippen molar-refractivity contribution in [2.24, 2.45) is 11.8 Å². The van der Waals surface area contributed by atoms with E-state index in [1.165, 1.54) is 0 Å². The van der Waals surface area contributed by atoms with Crippen LogP contribution in [-0.2, 0) is 14.3 Å². The topological polar surface area (TPSA) is 87.7 Å². The lowest BCUT2D eigenvalue weighted by Crippen LogP contribution is -2.45. The Balaban J connectivity index is 1.43. The monoisotopic (exact) mass is 350 g/mol. The fraction of sp³-hybridized carbons (Fsp3) is 0.200. The van der Waals surface area contributed by atoms with Crippen LogP contribution in [0.15, 0.2) is 66.7 Å². The highest BCUT2D eigenvalue weighted by atomic mass is 16.5. The van der Waals surface area contributed by atoms with Crippen molar-refractivity contribution >= 4 is 17.6 Å². The van der Waals surface area contributed by atoms with Crippen molar-refractivity contribution in [2.75, 3.05) is 5.32 Å². The third-order valence-electron chi connectivity index (χ3n) is 4.58. The summed E-state index contributed by atoms with van der Waals surface area (Å²) >= 11 is 0. The van der Waals surface area contributed by atoms with Gasteiger partial charge in [0.2, 0.25) is 5.91 Å². The Morgan fingerprint density at radius 1 is 0.885 bits per heavy atom. The Bertz CT molecular complexity index is 846. The molecule has 2 bridgehead atoms. The summed E-state index contributed by atoms with van der Waals surface area (Å²) in [6.45, 7) is 0. The number of para-hydroxylation sites is 1. The Morgan fingerprint density at radius 2 is 1.50 bits per heavy atom. The number of carboxylic acids is 1. The highest BCUT2D eigenvalue weighted by molar-refractivity contribution is 5.96. The molecular formula is C20H16NO5-. The second-order valence-corrected chi connectivity index (χ2v) is 6.25. The first-order valence-electron chi connectivity index (χ1n) is 8.30. The molecule has 0 aromatic heterocycles. The minimum atomic E-state index is -1.27. The van der Waals surface area contributed by atoms with E-state index >= 15 is 0 Å². The first-order chi connectivity index (χ1) is 12.6. The zero-order valence-corrected chi connectivity index (χ0v) is 13.7. The average Bonchev–Trinajstić information content (AvgIpc) is 3.25. The van der Waals surface area contributed by atoms with Crippen LogP contribution in [0.25, 0.3) is 0 Å². The molecule has 4 rings (SSSR count). The fourth-order valence-corrected chi connectivity index (χ4v) is 3.36. The molecule has 6 nitrogen and oxygen atoms in total. The maximum absolute atomic E-state index is 12.5. The van der Waals surface area contributed by atoms with E-state index in [9.17, 15) is 14.7 Å². The maximum Gasteiger partial charge on any atom is 0.231 e. The number of benzene rings is 2. The number of ether oxygens (including phenoxy) is 2. The van der Waals surface area contributed by atoms with Crippen LogP contribution in [0.2, 0.25) is 0 Å². The van der Waals surface area contributed by atoms with Crippen LogP contribution < -0.4 is 15.2 Å². The van der Waals surface area contributed by atoms with Crippen LogP contribution in [0.4, 0.5) is 5.69 Å². The lowest BCUT2D eigenvalue weighted by atomic mass is 9.82. The first-order valence-corrected chi connectivity index (χ1v) is 8.30. The number of carboxylic acid groups (broad SMARTS) is 1. The second kappa shape index (κ2) is 6.65. The van der Waals surface area contributed by atoms with Crippen LogP contribution in [0, 0.1) is 11.8 Å². The lowest BCUT2D eigenvalue weighted by Gasteiger charge is -2.25. The molecular weight excluding hydrogens is 334 g/mol. The molecule has 1 fully saturated rings. The molecule has 2 aromatic rings. The number of carbonyl (C=O) groups excluding carboxylic acids is 2. The number of amides is 1. The van der Waals surface area contributed by atoms with Crippen LogP contribution in [-0.4, -0.2) is 24.1 Å². The molecule has 0 aliphatic carbocycles. The molecule has 1 amide bonds. The molecule has 0 saturated carbocycles. The van der Waals surface area contributed by atoms with E-state index in [1.54, 1.807) is 36.4 Å². The number of rotatable bonds is 5. The molecule has 1 saturated heterocycles. The normalized spacial score (nSPS) is 25.8. The predicted molar refractivity (Wildman–Crippen MR) is 91.4 cm³/mol. The summed E-state index contributed by atoms with van der Waals surface area (Å²) in [6.07, 6.45) is 2.28. The SMILES string of the molecule is O=C([O-])[C@@H]1[C@H](C(=O)Nc2ccc(Oc3ccccc3)cc2)[C@H]2C=C[C@@H]1O2. The molecule has 0 radical (unpaired) electrons. The molecule has 0 unspecified atom stereocenters. The zero-order chi connectivity index (χ0) is 18.1. The van der Waals surface area contributed by atoms with Gasteiger partial charge in [0, 0.05) is 17.6 Å². The largest absolute Gasteiger partial charge is 0.550 e. The van der Waals surface area contributed by atoms with Crippen molar-refractivity contribution in [1.29, 1.82) is 0 Å². The number of hydrogen-bond donors (Lipinski definition) is 1. The number of nitrogens with one attached hydrogen (secondary N) is 1. The van der Waals surface area contributed by atoms with Gasteiger partial charge >= 0.3 is 0 Å². The molecule has 4 atom stereocenters. The number of anilines is 1. The van der Waals surface area contributed by atoms with Crippen LogP contribution >= 0.6 is 0 Å². The predicted octanol–water partition coefficient (Wildman–Crippen LogP) is 1.74. The van der Waals surface area contributed by atoms with Crippen molar-refractivity contribution in [3.63, 3.8) is 0 Å². The summed E-state index contributed by atoms with van der Waals surface area (Å²) in [6, 6.07) is 16.2. The smallest absolute Gasteiger partial charge is 0.231 e. The maximum atomic E-state index is 12.5. The van der Waals surface area contributed by atoms with Gasteiger partial charge in [0.15, 0.2) is 0 Å². The van der Waals surface area contributed by atoms with E-state index in [2.05, 4.69) is 5.32 Å². The highest BCUT2D eigenvalue weighted by Crippen LogP contribution is 2.39. The molecule has 2 aliphatic rings. The van der Waals surface area contributed by atoms with Crippen molar-refractivity contribution in [2.45, 2.75) is 12.2 Å². The summed E-state index contributed by atoms with van der Waals surface area (Å²) in [5.74, 6) is -2.08. The van der Waals surface area contributed by atoms with Gasteiger partial charge in [-0.15, -0.1) is 0 Å². The van der Waals surface area contributed by atoms with E-state index in [0.29, 0.717) is 17.2 Å². The number of aliphatic carboxylic acids is 1. The number of hydrogen-bond acceptors (Lipinski definition) is 5. The van der Waals surface area contributed by atoms with Gasteiger partial charge in [-0.1, -0.05) is 30.4 Å². The molecule has 132 valence electrons. The van der Waals surface area contributed by atoms with Crippen molar-refractivity contribution in [3.8, 4) is 11.5 Å². The standard InChI is InChI=1S/C20H17NO5/c22-19(17-15-10-11-16(26-15)18(17)20(23)24)21-12-6-8-14(9-7-12)25-13-4-2-1-3-5-13/h1-11,15-18H,(H,21,22)(H,23,24)/p-1/t15-,16+,17-,18+/m1/s1. The third kappa shape index (κ3) is 3.07. The molecule has 2 aliphatic heterocycles. The van der Waals surface area contributed by atoms with E-state index in [0.717, 1.165) is 0 Å². The van der Waals surface area contributed by atoms with Gasteiger partial charge in [-0.3, -0.25) is 4.79 Å². The molecule has 26 heavy (non-hydrogen) atoms. The van der Waals surface area contributed by atoms with Gasteiger partial charge in [-0.2, -0.15) is 0 Å². The van der Waals surface area contributed by atoms with E-state index in [1.807, 2.05) is 30.3 Å². The minimum absolute atomic E-state index is 0.396. The summed E-state index contributed by atoms with van der Waals surface area (Å²) < 4.78 is 11.2. The van der Waals surface area contributed by atoms with Gasteiger partial charge in [0.25, 0.3) is 0 Å². The lowest BCUT2D eigenvalue weighted by molar-refractivity contribution is -0.313. The van der Waals surface area contributed by atoms with Crippen LogP contribution in [0.5, 0.6) is 11.5 Å². The Labute approximate surface area is 150 Å². The average molecular weight is 350 g/mol.